The van der Waals surface area contributed by atoms with Crippen molar-refractivity contribution in [1.29, 1.82) is 0 Å². The number of fused-ring (bicyclic) bond motifs is 1. The molecule has 1 spiro atoms. The molecule has 0 radical (unpaired) electrons. The third-order valence-corrected chi connectivity index (χ3v) is 4.45. The highest BCUT2D eigenvalue weighted by Crippen LogP contribution is 2.55. The van der Waals surface area contributed by atoms with Crippen molar-refractivity contribution in [3.63, 3.8) is 0 Å². The van der Waals surface area contributed by atoms with E-state index in [0.717, 1.165) is 31.3 Å². The first-order valence-electron chi connectivity index (χ1n) is 6.10. The molecule has 0 aromatic heterocycles. The SMILES string of the molecule is C=C1CC2(C)C(=O)CCCC23OCCC1O3. The van der Waals surface area contributed by atoms with E-state index in [9.17, 15) is 4.79 Å². The van der Waals surface area contributed by atoms with Crippen molar-refractivity contribution in [2.45, 2.75) is 50.9 Å². The van der Waals surface area contributed by atoms with Crippen molar-refractivity contribution in [1.82, 2.24) is 0 Å². The Morgan fingerprint density at radius 2 is 2.31 bits per heavy atom. The van der Waals surface area contributed by atoms with Crippen LogP contribution in [0.5, 0.6) is 0 Å². The molecule has 3 nitrogen and oxygen atoms in total. The molecule has 2 heterocycles. The lowest BCUT2D eigenvalue weighted by molar-refractivity contribution is -0.349. The fraction of sp³-hybridized carbons (Fsp3) is 0.769. The van der Waals surface area contributed by atoms with Gasteiger partial charge in [-0.1, -0.05) is 6.58 Å². The summed E-state index contributed by atoms with van der Waals surface area (Å²) in [5, 5.41) is 0. The van der Waals surface area contributed by atoms with E-state index < -0.39 is 11.2 Å². The average molecular weight is 222 g/mol. The summed E-state index contributed by atoms with van der Waals surface area (Å²) in [6, 6.07) is 0. The van der Waals surface area contributed by atoms with Crippen LogP contribution in [0.4, 0.5) is 0 Å². The third-order valence-electron chi connectivity index (χ3n) is 4.45. The first-order chi connectivity index (χ1) is 7.57. The van der Waals surface area contributed by atoms with Gasteiger partial charge in [0.2, 0.25) is 0 Å². The molecule has 3 heteroatoms. The third kappa shape index (κ3) is 1.13. The minimum absolute atomic E-state index is 0.104. The molecular formula is C13H18O3. The van der Waals surface area contributed by atoms with E-state index in [1.54, 1.807) is 0 Å². The smallest absolute Gasteiger partial charge is 0.181 e. The van der Waals surface area contributed by atoms with Crippen LogP contribution in [0.2, 0.25) is 0 Å². The van der Waals surface area contributed by atoms with E-state index in [1.807, 2.05) is 6.92 Å². The van der Waals surface area contributed by atoms with Crippen LogP contribution < -0.4 is 0 Å². The van der Waals surface area contributed by atoms with Crippen molar-refractivity contribution >= 4 is 5.78 Å². The van der Waals surface area contributed by atoms with Gasteiger partial charge in [0.25, 0.3) is 0 Å². The number of ether oxygens (including phenoxy) is 2. The van der Waals surface area contributed by atoms with Gasteiger partial charge >= 0.3 is 0 Å². The standard InChI is InChI=1S/C13H18O3/c1-9-8-12(2)11(14)4-3-6-13(12)15-7-5-10(9)16-13/h10H,1,3-8H2,2H3. The Hall–Kier alpha value is -0.670. The van der Waals surface area contributed by atoms with Crippen LogP contribution in [-0.4, -0.2) is 24.3 Å². The van der Waals surface area contributed by atoms with E-state index >= 15 is 0 Å². The monoisotopic (exact) mass is 222 g/mol. The summed E-state index contributed by atoms with van der Waals surface area (Å²) < 4.78 is 11.9. The highest BCUT2D eigenvalue weighted by atomic mass is 16.7. The van der Waals surface area contributed by atoms with Gasteiger partial charge < -0.3 is 9.47 Å². The number of carbonyl (C=O) groups is 1. The van der Waals surface area contributed by atoms with E-state index in [1.165, 1.54) is 0 Å². The van der Waals surface area contributed by atoms with E-state index in [0.29, 0.717) is 13.0 Å². The van der Waals surface area contributed by atoms with Crippen LogP contribution in [-0.2, 0) is 14.3 Å². The van der Waals surface area contributed by atoms with Crippen LogP contribution in [0.1, 0.15) is 39.0 Å². The van der Waals surface area contributed by atoms with E-state index in [4.69, 9.17) is 9.47 Å². The highest BCUT2D eigenvalue weighted by Gasteiger charge is 2.62. The van der Waals surface area contributed by atoms with Crippen LogP contribution in [0.15, 0.2) is 12.2 Å². The first kappa shape index (κ1) is 10.5. The second-order valence-corrected chi connectivity index (χ2v) is 5.44. The second kappa shape index (κ2) is 3.17. The lowest BCUT2D eigenvalue weighted by atomic mass is 9.63. The molecule has 3 fully saturated rings. The Kier molecular flexibility index (Phi) is 2.08. The maximum atomic E-state index is 12.2. The Morgan fingerprint density at radius 3 is 3.12 bits per heavy atom. The number of hydrogen-bond acceptors (Lipinski definition) is 3. The topological polar surface area (TPSA) is 35.5 Å². The molecule has 3 atom stereocenters. The lowest BCUT2D eigenvalue weighted by Crippen LogP contribution is -2.64. The molecular weight excluding hydrogens is 204 g/mol. The maximum Gasteiger partial charge on any atom is 0.181 e. The molecule has 3 aliphatic rings. The Morgan fingerprint density at radius 1 is 1.50 bits per heavy atom. The normalized spacial score (nSPS) is 47.7. The number of Topliss-reactive ketones (excluding diaryl/α,β-unsaturated/α-hetero) is 1. The number of ketones is 1. The van der Waals surface area contributed by atoms with Crippen molar-refractivity contribution in [2.75, 3.05) is 6.61 Å². The molecule has 0 aromatic carbocycles. The van der Waals surface area contributed by atoms with Crippen molar-refractivity contribution in [2.24, 2.45) is 5.41 Å². The van der Waals surface area contributed by atoms with Crippen LogP contribution in [0.3, 0.4) is 0 Å². The number of carbonyl (C=O) groups excluding carboxylic acids is 1. The highest BCUT2D eigenvalue weighted by molar-refractivity contribution is 5.87. The lowest BCUT2D eigenvalue weighted by Gasteiger charge is -2.57. The molecule has 88 valence electrons. The number of hydrogen-bond donors (Lipinski definition) is 0. The molecule has 0 aromatic rings. The predicted octanol–water partition coefficient (Wildman–Crippen LogP) is 2.21. The molecule has 2 saturated heterocycles. The van der Waals surface area contributed by atoms with E-state index in [-0.39, 0.29) is 11.9 Å². The van der Waals surface area contributed by atoms with E-state index in [2.05, 4.69) is 6.58 Å². The molecule has 2 bridgehead atoms. The van der Waals surface area contributed by atoms with Gasteiger partial charge in [-0.25, -0.2) is 0 Å². The fourth-order valence-corrected chi connectivity index (χ4v) is 3.41. The van der Waals surface area contributed by atoms with Crippen LogP contribution in [0.25, 0.3) is 0 Å². The minimum atomic E-state index is -0.646. The zero-order chi connectivity index (χ0) is 11.4. The summed E-state index contributed by atoms with van der Waals surface area (Å²) in [7, 11) is 0. The van der Waals surface area contributed by atoms with Crippen LogP contribution in [0, 0.1) is 5.41 Å². The average Bonchev–Trinajstić information content (AvgIpc) is 2.25. The van der Waals surface area contributed by atoms with Gasteiger partial charge in [0.1, 0.15) is 5.78 Å². The molecule has 0 N–H and O–H groups in total. The molecule has 0 amide bonds. The Labute approximate surface area is 95.8 Å². The Bertz CT molecular complexity index is 358. The van der Waals surface area contributed by atoms with Gasteiger partial charge in [0.15, 0.2) is 5.79 Å². The zero-order valence-corrected chi connectivity index (χ0v) is 9.75. The van der Waals surface area contributed by atoms with Crippen molar-refractivity contribution in [3.05, 3.63) is 12.2 Å². The van der Waals surface area contributed by atoms with Crippen molar-refractivity contribution in [3.8, 4) is 0 Å². The first-order valence-corrected chi connectivity index (χ1v) is 6.10. The van der Waals surface area contributed by atoms with Gasteiger partial charge in [-0.15, -0.1) is 0 Å². The largest absolute Gasteiger partial charge is 0.349 e. The summed E-state index contributed by atoms with van der Waals surface area (Å²) in [5.74, 6) is -0.368. The van der Waals surface area contributed by atoms with Crippen LogP contribution >= 0.6 is 0 Å². The summed E-state index contributed by atoms with van der Waals surface area (Å²) in [6.07, 6.45) is 4.10. The van der Waals surface area contributed by atoms with Gasteiger partial charge in [-0.05, 0) is 25.3 Å². The quantitative estimate of drug-likeness (QED) is 0.589. The summed E-state index contributed by atoms with van der Waals surface area (Å²) in [4.78, 5) is 12.2. The molecule has 3 unspecified atom stereocenters. The maximum absolute atomic E-state index is 12.2. The molecule has 1 saturated carbocycles. The van der Waals surface area contributed by atoms with Gasteiger partial charge in [0.05, 0.1) is 18.1 Å². The summed E-state index contributed by atoms with van der Waals surface area (Å²) in [6.45, 7) is 6.74. The number of rotatable bonds is 0. The zero-order valence-electron chi connectivity index (χ0n) is 9.75. The summed E-state index contributed by atoms with van der Waals surface area (Å²) >= 11 is 0. The van der Waals surface area contributed by atoms with Gasteiger partial charge in [-0.2, -0.15) is 0 Å². The predicted molar refractivity (Wildman–Crippen MR) is 58.9 cm³/mol. The molecule has 2 aliphatic heterocycles. The van der Waals surface area contributed by atoms with Gasteiger partial charge in [-0.3, -0.25) is 4.79 Å². The fourth-order valence-electron chi connectivity index (χ4n) is 3.41. The molecule has 16 heavy (non-hydrogen) atoms. The summed E-state index contributed by atoms with van der Waals surface area (Å²) in [5.41, 5.74) is 0.566. The molecule has 3 rings (SSSR count). The second-order valence-electron chi connectivity index (χ2n) is 5.44. The van der Waals surface area contributed by atoms with Crippen molar-refractivity contribution < 1.29 is 14.3 Å². The molecule has 1 aliphatic carbocycles. The Balaban J connectivity index is 2.05. The minimum Gasteiger partial charge on any atom is -0.349 e. The van der Waals surface area contributed by atoms with Gasteiger partial charge in [0, 0.05) is 19.3 Å².